The Bertz CT molecular complexity index is 698. The van der Waals surface area contributed by atoms with Crippen LogP contribution in [0.4, 0.5) is 13.2 Å². The number of nitrogens with zero attached hydrogens (tertiary/aromatic N) is 3. The molecule has 10 heteroatoms. The number of rotatable bonds is 5. The molecule has 1 aromatic heterocycles. The first-order chi connectivity index (χ1) is 11.2. The largest absolute Gasteiger partial charge is 0.471 e. The van der Waals surface area contributed by atoms with Crippen molar-refractivity contribution in [3.8, 4) is 11.4 Å². The van der Waals surface area contributed by atoms with Crippen LogP contribution < -0.4 is 5.73 Å². The van der Waals surface area contributed by atoms with E-state index in [0.29, 0.717) is 11.1 Å². The Labute approximate surface area is 135 Å². The molecule has 0 radical (unpaired) electrons. The molecule has 7 nitrogen and oxygen atoms in total. The van der Waals surface area contributed by atoms with Crippen molar-refractivity contribution in [2.24, 2.45) is 0 Å². The minimum Gasteiger partial charge on any atom is -0.347 e. The molecule has 1 heterocycles. The fourth-order valence-electron chi connectivity index (χ4n) is 1.86. The molecule has 0 spiro atoms. The van der Waals surface area contributed by atoms with Crippen LogP contribution in [-0.2, 0) is 22.4 Å². The van der Waals surface area contributed by atoms with Gasteiger partial charge in [0.25, 0.3) is 0 Å². The summed E-state index contributed by atoms with van der Waals surface area (Å²) < 4.78 is 41.5. The number of alkyl halides is 3. The number of hydrogen-bond donors (Lipinski definition) is 1. The molecule has 1 unspecified atom stereocenters. The van der Waals surface area contributed by atoms with Crippen LogP contribution in [0.5, 0.6) is 0 Å². The summed E-state index contributed by atoms with van der Waals surface area (Å²) in [5.74, 6) is -1.85. The molecule has 1 atom stereocenters. The minimum atomic E-state index is -4.69. The second-order valence-corrected chi connectivity index (χ2v) is 5.08. The zero-order valence-electron chi connectivity index (χ0n) is 13.0. The van der Waals surface area contributed by atoms with Crippen LogP contribution in [0.15, 0.2) is 28.8 Å². The van der Waals surface area contributed by atoms with E-state index in [2.05, 4.69) is 20.4 Å². The van der Waals surface area contributed by atoms with Gasteiger partial charge in [0, 0.05) is 5.56 Å². The normalized spacial score (nSPS) is 12.9. The van der Waals surface area contributed by atoms with Crippen molar-refractivity contribution in [1.82, 2.24) is 15.2 Å². The quantitative estimate of drug-likeness (QED) is 0.824. The van der Waals surface area contributed by atoms with Crippen LogP contribution in [-0.4, -0.2) is 34.3 Å². The van der Waals surface area contributed by atoms with Crippen LogP contribution in [0.2, 0.25) is 0 Å². The second-order valence-electron chi connectivity index (χ2n) is 5.08. The molecular formula is C14H16F3N4O3+. The Morgan fingerprint density at radius 2 is 2.00 bits per heavy atom. The predicted molar refractivity (Wildman–Crippen MR) is 74.6 cm³/mol. The highest BCUT2D eigenvalue weighted by Gasteiger charge is 2.38. The van der Waals surface area contributed by atoms with Crippen molar-refractivity contribution in [2.75, 3.05) is 7.11 Å². The number of quaternary nitrogens is 1. The molecule has 130 valence electrons. The summed E-state index contributed by atoms with van der Waals surface area (Å²) in [6.45, 7) is 1.82. The molecule has 0 aliphatic carbocycles. The third kappa shape index (κ3) is 4.09. The van der Waals surface area contributed by atoms with Crippen molar-refractivity contribution in [3.05, 3.63) is 35.7 Å². The van der Waals surface area contributed by atoms with Crippen molar-refractivity contribution in [1.29, 1.82) is 0 Å². The number of halogens is 3. The summed E-state index contributed by atoms with van der Waals surface area (Å²) in [6.07, 6.45) is -4.69. The topological polar surface area (TPSA) is 96.1 Å². The highest BCUT2D eigenvalue weighted by Crippen LogP contribution is 2.29. The monoisotopic (exact) mass is 345 g/mol. The first-order valence-electron chi connectivity index (χ1n) is 6.91. The maximum atomic E-state index is 12.5. The van der Waals surface area contributed by atoms with Gasteiger partial charge in [0.15, 0.2) is 6.04 Å². The standard InChI is InChI=1S/C14H15F3N4O3/c1-8(18)12(22)21(23-2)7-9-3-5-10(6-4-9)11-19-13(24-20-11)14(15,16)17/h3-6,8H,7,18H2,1-2H3/p+1. The van der Waals surface area contributed by atoms with Crippen LogP contribution in [0.1, 0.15) is 18.4 Å². The lowest BCUT2D eigenvalue weighted by Crippen LogP contribution is -2.66. The van der Waals surface area contributed by atoms with E-state index < -0.39 is 18.1 Å². The zero-order chi connectivity index (χ0) is 17.9. The Morgan fingerprint density at radius 1 is 1.38 bits per heavy atom. The maximum Gasteiger partial charge on any atom is 0.471 e. The van der Waals surface area contributed by atoms with E-state index in [1.165, 1.54) is 19.2 Å². The molecule has 1 amide bonds. The zero-order valence-corrected chi connectivity index (χ0v) is 13.0. The molecule has 24 heavy (non-hydrogen) atoms. The van der Waals surface area contributed by atoms with Gasteiger partial charge in [-0.3, -0.25) is 9.63 Å². The van der Waals surface area contributed by atoms with Gasteiger partial charge in [0.2, 0.25) is 5.82 Å². The van der Waals surface area contributed by atoms with Gasteiger partial charge in [0.1, 0.15) is 0 Å². The average Bonchev–Trinajstić information content (AvgIpc) is 3.02. The fourth-order valence-corrected chi connectivity index (χ4v) is 1.86. The Hall–Kier alpha value is -2.46. The summed E-state index contributed by atoms with van der Waals surface area (Å²) in [4.78, 5) is 20.2. The van der Waals surface area contributed by atoms with Crippen LogP contribution >= 0.6 is 0 Å². The van der Waals surface area contributed by atoms with E-state index in [-0.39, 0.29) is 18.3 Å². The van der Waals surface area contributed by atoms with E-state index in [1.54, 1.807) is 19.1 Å². The SMILES string of the molecule is CON(Cc1ccc(-c2noc(C(F)(F)F)n2)cc1)C(=O)C(C)[NH3+]. The van der Waals surface area contributed by atoms with E-state index in [1.807, 2.05) is 0 Å². The number of carbonyl (C=O) groups is 1. The number of benzene rings is 1. The lowest BCUT2D eigenvalue weighted by molar-refractivity contribution is -0.404. The first kappa shape index (κ1) is 17.9. The summed E-state index contributed by atoms with van der Waals surface area (Å²) >= 11 is 0. The summed E-state index contributed by atoms with van der Waals surface area (Å²) in [5.41, 5.74) is 4.71. The van der Waals surface area contributed by atoms with Gasteiger partial charge in [0.05, 0.1) is 13.7 Å². The molecule has 0 saturated heterocycles. The minimum absolute atomic E-state index is 0.167. The molecule has 0 saturated carbocycles. The summed E-state index contributed by atoms with van der Waals surface area (Å²) in [6, 6.07) is 5.86. The summed E-state index contributed by atoms with van der Waals surface area (Å²) in [5, 5.41) is 4.46. The molecule has 0 aliphatic heterocycles. The second kappa shape index (κ2) is 6.97. The van der Waals surface area contributed by atoms with Crippen molar-refractivity contribution in [3.63, 3.8) is 0 Å². The molecule has 0 bridgehead atoms. The fraction of sp³-hybridized carbons (Fsp3) is 0.357. The van der Waals surface area contributed by atoms with E-state index in [4.69, 9.17) is 4.84 Å². The number of hydroxylamine groups is 2. The Kier molecular flexibility index (Phi) is 5.20. The van der Waals surface area contributed by atoms with Gasteiger partial charge in [-0.25, -0.2) is 5.06 Å². The Morgan fingerprint density at radius 3 is 2.46 bits per heavy atom. The van der Waals surface area contributed by atoms with E-state index in [0.717, 1.165) is 5.06 Å². The van der Waals surface area contributed by atoms with Gasteiger partial charge in [-0.15, -0.1) is 0 Å². The van der Waals surface area contributed by atoms with Gasteiger partial charge < -0.3 is 10.3 Å². The van der Waals surface area contributed by atoms with Gasteiger partial charge >= 0.3 is 18.0 Å². The number of hydrogen-bond acceptors (Lipinski definition) is 5. The predicted octanol–water partition coefficient (Wildman–Crippen LogP) is 1.28. The van der Waals surface area contributed by atoms with Crippen LogP contribution in [0.25, 0.3) is 11.4 Å². The molecule has 2 aromatic rings. The lowest BCUT2D eigenvalue weighted by atomic mass is 10.1. The number of carbonyl (C=O) groups excluding carboxylic acids is 1. The molecule has 1 aromatic carbocycles. The average molecular weight is 345 g/mol. The Balaban J connectivity index is 2.13. The molecular weight excluding hydrogens is 329 g/mol. The van der Waals surface area contributed by atoms with Crippen LogP contribution in [0, 0.1) is 0 Å². The van der Waals surface area contributed by atoms with Crippen molar-refractivity contribution >= 4 is 5.91 Å². The number of aromatic nitrogens is 2. The van der Waals surface area contributed by atoms with E-state index in [9.17, 15) is 18.0 Å². The highest BCUT2D eigenvalue weighted by atomic mass is 19.4. The van der Waals surface area contributed by atoms with Crippen molar-refractivity contribution < 1.29 is 33.1 Å². The van der Waals surface area contributed by atoms with Gasteiger partial charge in [-0.05, 0) is 12.5 Å². The smallest absolute Gasteiger partial charge is 0.347 e. The highest BCUT2D eigenvalue weighted by molar-refractivity contribution is 5.78. The van der Waals surface area contributed by atoms with Gasteiger partial charge in [-0.1, -0.05) is 29.4 Å². The maximum absolute atomic E-state index is 12.5. The first-order valence-corrected chi connectivity index (χ1v) is 6.91. The number of amides is 1. The lowest BCUT2D eigenvalue weighted by Gasteiger charge is -2.20. The summed E-state index contributed by atoms with van der Waals surface area (Å²) in [7, 11) is 1.37. The third-order valence-electron chi connectivity index (χ3n) is 3.09. The van der Waals surface area contributed by atoms with E-state index >= 15 is 0 Å². The molecule has 0 fully saturated rings. The van der Waals surface area contributed by atoms with Crippen molar-refractivity contribution in [2.45, 2.75) is 25.7 Å². The molecule has 0 aliphatic rings. The molecule has 3 N–H and O–H groups in total. The third-order valence-corrected chi connectivity index (χ3v) is 3.09. The molecule has 2 rings (SSSR count). The van der Waals surface area contributed by atoms with Crippen LogP contribution in [0.3, 0.4) is 0 Å². The van der Waals surface area contributed by atoms with Gasteiger partial charge in [-0.2, -0.15) is 18.2 Å².